The van der Waals surface area contributed by atoms with Gasteiger partial charge >= 0.3 is 0 Å². The highest BCUT2D eigenvalue weighted by molar-refractivity contribution is 7.98. The molecule has 3 rings (SSSR count). The Kier molecular flexibility index (Phi) is 4.62. The van der Waals surface area contributed by atoms with Crippen LogP contribution in [0.4, 0.5) is 0 Å². The second-order valence-electron chi connectivity index (χ2n) is 4.60. The Morgan fingerprint density at radius 2 is 1.82 bits per heavy atom. The lowest BCUT2D eigenvalue weighted by atomic mass is 10.3. The lowest BCUT2D eigenvalue weighted by molar-refractivity contribution is 0.201. The summed E-state index contributed by atoms with van der Waals surface area (Å²) in [6, 6.07) is 15.4. The van der Waals surface area contributed by atoms with Gasteiger partial charge in [0.1, 0.15) is 24.8 Å². The Morgan fingerprint density at radius 1 is 1.05 bits per heavy atom. The molecule has 1 heterocycles. The van der Waals surface area contributed by atoms with Crippen LogP contribution in [0.2, 0.25) is 0 Å². The molecule has 0 fully saturated rings. The number of aliphatic hydroxyl groups is 2. The summed E-state index contributed by atoms with van der Waals surface area (Å²) in [4.78, 5) is 5.43. The van der Waals surface area contributed by atoms with Crippen LogP contribution >= 0.6 is 11.9 Å². The molecule has 0 spiro atoms. The molecule has 0 saturated heterocycles. The minimum atomic E-state index is -0.112. The van der Waals surface area contributed by atoms with Gasteiger partial charge in [-0.2, -0.15) is 0 Å². The number of hydrogen-bond acceptors (Lipinski definition) is 5. The number of ether oxygens (including phenoxy) is 1. The monoisotopic (exact) mass is 316 g/mol. The van der Waals surface area contributed by atoms with Gasteiger partial charge in [0.15, 0.2) is 0 Å². The average Bonchev–Trinajstić information content (AvgIpc) is 2.92. The molecule has 1 aromatic heterocycles. The van der Waals surface area contributed by atoms with Crippen molar-refractivity contribution in [1.29, 1.82) is 0 Å². The molecule has 0 aliphatic rings. The van der Waals surface area contributed by atoms with Gasteiger partial charge in [0.2, 0.25) is 0 Å². The molecular weight excluding hydrogens is 300 g/mol. The van der Waals surface area contributed by atoms with Crippen LogP contribution in [0.3, 0.4) is 0 Å². The van der Waals surface area contributed by atoms with E-state index < -0.39 is 0 Å². The third-order valence-electron chi connectivity index (χ3n) is 3.11. The van der Waals surface area contributed by atoms with Crippen molar-refractivity contribution in [3.8, 4) is 5.75 Å². The molecule has 0 saturated carbocycles. The zero-order valence-corrected chi connectivity index (χ0v) is 12.7. The van der Waals surface area contributed by atoms with E-state index in [2.05, 4.69) is 4.98 Å². The summed E-state index contributed by atoms with van der Waals surface area (Å²) in [5, 5.41) is 18.2. The molecular formula is C16H16N2O3S. The van der Waals surface area contributed by atoms with Crippen LogP contribution < -0.4 is 4.74 Å². The fourth-order valence-corrected chi connectivity index (χ4v) is 3.05. The minimum absolute atomic E-state index is 0.00259. The highest BCUT2D eigenvalue weighted by atomic mass is 32.2. The minimum Gasteiger partial charge on any atom is -0.491 e. The zero-order chi connectivity index (χ0) is 15.4. The zero-order valence-electron chi connectivity index (χ0n) is 11.8. The van der Waals surface area contributed by atoms with Crippen LogP contribution in [0, 0.1) is 0 Å². The van der Waals surface area contributed by atoms with Gasteiger partial charge in [0, 0.05) is 4.90 Å². The summed E-state index contributed by atoms with van der Waals surface area (Å²) in [7, 11) is 0. The highest BCUT2D eigenvalue weighted by Gasteiger charge is 2.10. The van der Waals surface area contributed by atoms with E-state index in [1.807, 2.05) is 52.5 Å². The Labute approximate surface area is 132 Å². The number of aromatic nitrogens is 2. The second-order valence-corrected chi connectivity index (χ2v) is 5.62. The fraction of sp³-hybridized carbons (Fsp3) is 0.188. The normalized spacial score (nSPS) is 11.0. The van der Waals surface area contributed by atoms with Crippen LogP contribution in [0.5, 0.6) is 5.75 Å². The van der Waals surface area contributed by atoms with E-state index in [9.17, 15) is 5.11 Å². The molecule has 0 unspecified atom stereocenters. The molecule has 5 nitrogen and oxygen atoms in total. The first-order chi connectivity index (χ1) is 10.8. The second kappa shape index (κ2) is 6.83. The molecule has 6 heteroatoms. The Hall–Kier alpha value is -2.02. The van der Waals surface area contributed by atoms with Gasteiger partial charge in [0.25, 0.3) is 0 Å². The fourth-order valence-electron chi connectivity index (χ4n) is 2.12. The maximum absolute atomic E-state index is 9.50. The van der Waals surface area contributed by atoms with Crippen LogP contribution in [0.1, 0.15) is 5.82 Å². The standard InChI is InChI=1S/C16H16N2O3S/c19-9-10-21-12-5-7-13(8-6-12)22-18-15-4-2-1-3-14(15)17-16(18)11-20/h1-8,19-20H,9-11H2. The van der Waals surface area contributed by atoms with Crippen molar-refractivity contribution in [1.82, 2.24) is 8.96 Å². The van der Waals surface area contributed by atoms with E-state index >= 15 is 0 Å². The first-order valence-corrected chi connectivity index (χ1v) is 7.68. The van der Waals surface area contributed by atoms with Crippen molar-refractivity contribution < 1.29 is 14.9 Å². The SMILES string of the molecule is OCCOc1ccc(Sn2c(CO)nc3ccccc32)cc1. The highest BCUT2D eigenvalue weighted by Crippen LogP contribution is 2.29. The van der Waals surface area contributed by atoms with Gasteiger partial charge < -0.3 is 14.9 Å². The van der Waals surface area contributed by atoms with Crippen molar-refractivity contribution in [2.45, 2.75) is 11.5 Å². The molecule has 0 radical (unpaired) electrons. The third kappa shape index (κ3) is 3.09. The molecule has 3 aromatic rings. The van der Waals surface area contributed by atoms with Crippen LogP contribution in [-0.4, -0.2) is 32.4 Å². The Morgan fingerprint density at radius 3 is 2.55 bits per heavy atom. The summed E-state index contributed by atoms with van der Waals surface area (Å²) in [6.45, 7) is 0.171. The predicted octanol–water partition coefficient (Wildman–Crippen LogP) is 2.46. The summed E-state index contributed by atoms with van der Waals surface area (Å²) in [6.07, 6.45) is 0. The molecule has 22 heavy (non-hydrogen) atoms. The molecule has 0 bridgehead atoms. The number of hydrogen-bond donors (Lipinski definition) is 2. The number of imidazole rings is 1. The lowest BCUT2D eigenvalue weighted by Crippen LogP contribution is -2.01. The van der Waals surface area contributed by atoms with Gasteiger partial charge in [-0.25, -0.2) is 4.98 Å². The Bertz CT molecular complexity index is 756. The number of nitrogens with zero attached hydrogens (tertiary/aromatic N) is 2. The topological polar surface area (TPSA) is 67.5 Å². The van der Waals surface area contributed by atoms with Gasteiger partial charge in [-0.1, -0.05) is 12.1 Å². The predicted molar refractivity (Wildman–Crippen MR) is 85.9 cm³/mol. The summed E-state index contributed by atoms with van der Waals surface area (Å²) in [5.74, 6) is 1.34. The van der Waals surface area contributed by atoms with Crippen molar-refractivity contribution in [3.63, 3.8) is 0 Å². The van der Waals surface area contributed by atoms with Crippen LogP contribution in [0.25, 0.3) is 11.0 Å². The van der Waals surface area contributed by atoms with E-state index in [-0.39, 0.29) is 19.8 Å². The smallest absolute Gasteiger partial charge is 0.146 e. The molecule has 0 atom stereocenters. The molecule has 2 aromatic carbocycles. The van der Waals surface area contributed by atoms with Crippen molar-refractivity contribution in [3.05, 3.63) is 54.4 Å². The largest absolute Gasteiger partial charge is 0.491 e. The number of benzene rings is 2. The summed E-state index contributed by atoms with van der Waals surface area (Å²) >= 11 is 1.50. The van der Waals surface area contributed by atoms with Gasteiger partial charge in [-0.15, -0.1) is 0 Å². The van der Waals surface area contributed by atoms with E-state index in [4.69, 9.17) is 9.84 Å². The quantitative estimate of drug-likeness (QED) is 0.731. The van der Waals surface area contributed by atoms with Crippen LogP contribution in [-0.2, 0) is 6.61 Å². The van der Waals surface area contributed by atoms with Crippen LogP contribution in [0.15, 0.2) is 53.4 Å². The molecule has 2 N–H and O–H groups in total. The average molecular weight is 316 g/mol. The maximum atomic E-state index is 9.50. The lowest BCUT2D eigenvalue weighted by Gasteiger charge is -2.08. The summed E-state index contributed by atoms with van der Waals surface area (Å²) < 4.78 is 7.27. The van der Waals surface area contributed by atoms with Crippen molar-refractivity contribution in [2.75, 3.05) is 13.2 Å². The third-order valence-corrected chi connectivity index (χ3v) is 4.18. The van der Waals surface area contributed by atoms with E-state index in [0.717, 1.165) is 21.7 Å². The van der Waals surface area contributed by atoms with Gasteiger partial charge in [-0.05, 0) is 48.3 Å². The van der Waals surface area contributed by atoms with E-state index in [1.165, 1.54) is 11.9 Å². The Balaban J connectivity index is 1.86. The number of fused-ring (bicyclic) bond motifs is 1. The molecule has 0 amide bonds. The summed E-state index contributed by atoms with van der Waals surface area (Å²) in [5.41, 5.74) is 1.83. The number of para-hydroxylation sites is 2. The van der Waals surface area contributed by atoms with E-state index in [1.54, 1.807) is 0 Å². The molecule has 114 valence electrons. The maximum Gasteiger partial charge on any atom is 0.146 e. The molecule has 0 aliphatic carbocycles. The molecule has 0 aliphatic heterocycles. The first kappa shape index (κ1) is 14.9. The van der Waals surface area contributed by atoms with Gasteiger partial charge in [-0.3, -0.25) is 3.97 Å². The first-order valence-electron chi connectivity index (χ1n) is 6.91. The number of rotatable bonds is 6. The van der Waals surface area contributed by atoms with Crippen molar-refractivity contribution in [2.24, 2.45) is 0 Å². The van der Waals surface area contributed by atoms with Gasteiger partial charge in [0.05, 0.1) is 17.6 Å². The number of aliphatic hydroxyl groups excluding tert-OH is 2. The van der Waals surface area contributed by atoms with Crippen molar-refractivity contribution >= 4 is 23.0 Å². The van der Waals surface area contributed by atoms with E-state index in [0.29, 0.717) is 5.82 Å².